The minimum atomic E-state index is 0.635. The fraction of sp³-hybridized carbons (Fsp3) is 0. The molecule has 47 heavy (non-hydrogen) atoms. The van der Waals surface area contributed by atoms with Crippen molar-refractivity contribution in [2.75, 3.05) is 4.90 Å². The van der Waals surface area contributed by atoms with Crippen molar-refractivity contribution in [2.45, 2.75) is 0 Å². The van der Waals surface area contributed by atoms with Crippen LogP contribution in [-0.4, -0.2) is 4.57 Å². The van der Waals surface area contributed by atoms with Gasteiger partial charge in [-0.3, -0.25) is 0 Å². The number of benzene rings is 7. The van der Waals surface area contributed by atoms with Gasteiger partial charge in [0.05, 0.1) is 11.0 Å². The summed E-state index contributed by atoms with van der Waals surface area (Å²) < 4.78 is 4.84. The zero-order valence-electron chi connectivity index (χ0n) is 25.1. The van der Waals surface area contributed by atoms with E-state index in [-0.39, 0.29) is 0 Å². The summed E-state index contributed by atoms with van der Waals surface area (Å²) in [6.07, 6.45) is 0. The van der Waals surface area contributed by atoms with Crippen molar-refractivity contribution in [3.63, 3.8) is 0 Å². The number of thiophene rings is 1. The van der Waals surface area contributed by atoms with Gasteiger partial charge in [-0.2, -0.15) is 0 Å². The van der Waals surface area contributed by atoms with Gasteiger partial charge in [-0.05, 0) is 102 Å². The third-order valence-corrected chi connectivity index (χ3v) is 10.4. The van der Waals surface area contributed by atoms with Crippen molar-refractivity contribution in [1.82, 2.24) is 4.57 Å². The molecule has 0 saturated heterocycles. The minimum Gasteiger partial charge on any atom is -0.310 e. The van der Waals surface area contributed by atoms with Crippen molar-refractivity contribution < 1.29 is 0 Å². The van der Waals surface area contributed by atoms with Gasteiger partial charge < -0.3 is 9.47 Å². The van der Waals surface area contributed by atoms with E-state index in [1.807, 2.05) is 23.5 Å². The number of hydrogen-bond acceptors (Lipinski definition) is 2. The molecule has 2 aromatic heterocycles. The van der Waals surface area contributed by atoms with E-state index >= 15 is 0 Å². The summed E-state index contributed by atoms with van der Waals surface area (Å²) in [5.41, 5.74) is 8.99. The minimum absolute atomic E-state index is 0.635. The Labute approximate surface area is 286 Å². The van der Waals surface area contributed by atoms with Gasteiger partial charge in [0, 0.05) is 63.7 Å². The Kier molecular flexibility index (Phi) is 6.79. The van der Waals surface area contributed by atoms with Gasteiger partial charge in [0.2, 0.25) is 0 Å². The highest BCUT2D eigenvalue weighted by Gasteiger charge is 2.18. The van der Waals surface area contributed by atoms with Crippen LogP contribution in [-0.2, 0) is 0 Å². The van der Waals surface area contributed by atoms with E-state index in [0.717, 1.165) is 33.9 Å². The van der Waals surface area contributed by atoms with E-state index < -0.39 is 0 Å². The maximum atomic E-state index is 6.34. The summed E-state index contributed by atoms with van der Waals surface area (Å²) in [5, 5.41) is 6.19. The number of rotatable bonds is 5. The van der Waals surface area contributed by atoms with Gasteiger partial charge in [-0.15, -0.1) is 11.3 Å². The van der Waals surface area contributed by atoms with Crippen LogP contribution in [0.4, 0.5) is 17.1 Å². The molecular weight excluding hydrogens is 635 g/mol. The fourth-order valence-corrected chi connectivity index (χ4v) is 8.43. The van der Waals surface area contributed by atoms with Gasteiger partial charge >= 0.3 is 0 Å². The maximum Gasteiger partial charge on any atom is 0.0542 e. The lowest BCUT2D eigenvalue weighted by Gasteiger charge is -2.25. The summed E-state index contributed by atoms with van der Waals surface area (Å²) in [6.45, 7) is 0. The molecule has 0 N–H and O–H groups in total. The van der Waals surface area contributed by atoms with Gasteiger partial charge in [0.15, 0.2) is 0 Å². The molecule has 0 bridgehead atoms. The van der Waals surface area contributed by atoms with Crippen LogP contribution in [0.3, 0.4) is 0 Å². The third-order valence-electron chi connectivity index (χ3n) is 8.85. The molecule has 0 fully saturated rings. The van der Waals surface area contributed by atoms with Crippen LogP contribution in [0.5, 0.6) is 0 Å². The Bertz CT molecular complexity index is 2580. The lowest BCUT2D eigenvalue weighted by Crippen LogP contribution is -2.09. The molecule has 0 aliphatic carbocycles. The Morgan fingerprint density at radius 1 is 0.426 bits per heavy atom. The van der Waals surface area contributed by atoms with Gasteiger partial charge in [-0.1, -0.05) is 89.9 Å². The molecular formula is C42H26Cl2N2S. The molecule has 0 amide bonds. The fourth-order valence-electron chi connectivity index (χ4n) is 6.78. The second-order valence-corrected chi connectivity index (χ2v) is 13.7. The standard InChI is InChI=1S/C42H26Cl2N2S/c43-29-21-28(22-30(44)24-29)27-15-20-41-38(23-27)36-18-16-34(26-42(36)47-41)45(31-9-3-1-4-10-31)33-17-19-40-37(25-33)35-13-7-8-14-39(35)46(40)32-11-5-2-6-12-32/h1-26H. The molecule has 0 unspecified atom stereocenters. The van der Waals surface area contributed by atoms with Crippen LogP contribution in [0.2, 0.25) is 10.0 Å². The van der Waals surface area contributed by atoms with Crippen LogP contribution < -0.4 is 4.90 Å². The highest BCUT2D eigenvalue weighted by Crippen LogP contribution is 2.43. The smallest absolute Gasteiger partial charge is 0.0542 e. The largest absolute Gasteiger partial charge is 0.310 e. The Balaban J connectivity index is 1.21. The molecule has 0 saturated carbocycles. The van der Waals surface area contributed by atoms with E-state index in [1.54, 1.807) is 6.07 Å². The number of aromatic nitrogens is 1. The molecule has 9 rings (SSSR count). The monoisotopic (exact) mass is 660 g/mol. The summed E-state index contributed by atoms with van der Waals surface area (Å²) >= 11 is 14.5. The topological polar surface area (TPSA) is 8.17 Å². The lowest BCUT2D eigenvalue weighted by molar-refractivity contribution is 1.18. The van der Waals surface area contributed by atoms with Crippen LogP contribution in [0.1, 0.15) is 0 Å². The number of fused-ring (bicyclic) bond motifs is 6. The summed E-state index contributed by atoms with van der Waals surface area (Å²) in [7, 11) is 0. The van der Waals surface area contributed by atoms with Crippen LogP contribution in [0, 0.1) is 0 Å². The molecule has 0 radical (unpaired) electrons. The third kappa shape index (κ3) is 4.87. The number of halogens is 2. The molecule has 0 aliphatic rings. The van der Waals surface area contributed by atoms with Gasteiger partial charge in [-0.25, -0.2) is 0 Å². The average Bonchev–Trinajstić information content (AvgIpc) is 3.63. The zero-order chi connectivity index (χ0) is 31.5. The van der Waals surface area contributed by atoms with Crippen molar-refractivity contribution in [2.24, 2.45) is 0 Å². The number of nitrogens with zero attached hydrogens (tertiary/aromatic N) is 2. The van der Waals surface area contributed by atoms with E-state index in [2.05, 4.69) is 149 Å². The summed E-state index contributed by atoms with van der Waals surface area (Å²) in [5.74, 6) is 0. The predicted octanol–water partition coefficient (Wildman–Crippen LogP) is 13.6. The van der Waals surface area contributed by atoms with Crippen LogP contribution in [0.15, 0.2) is 158 Å². The average molecular weight is 662 g/mol. The first-order valence-electron chi connectivity index (χ1n) is 15.5. The van der Waals surface area contributed by atoms with Gasteiger partial charge in [0.1, 0.15) is 0 Å². The van der Waals surface area contributed by atoms with Crippen molar-refractivity contribution >= 4 is 93.6 Å². The molecule has 0 aliphatic heterocycles. The number of para-hydroxylation sites is 3. The van der Waals surface area contributed by atoms with Crippen LogP contribution >= 0.6 is 34.5 Å². The quantitative estimate of drug-likeness (QED) is 0.178. The highest BCUT2D eigenvalue weighted by atomic mass is 35.5. The number of hydrogen-bond donors (Lipinski definition) is 0. The van der Waals surface area contributed by atoms with E-state index in [0.29, 0.717) is 10.0 Å². The zero-order valence-corrected chi connectivity index (χ0v) is 27.4. The summed E-state index contributed by atoms with van der Waals surface area (Å²) in [4.78, 5) is 2.36. The molecule has 5 heteroatoms. The Hall–Kier alpha value is -5.06. The molecule has 2 nitrogen and oxygen atoms in total. The Morgan fingerprint density at radius 3 is 1.91 bits per heavy atom. The Morgan fingerprint density at radius 2 is 1.11 bits per heavy atom. The maximum absolute atomic E-state index is 6.34. The first-order chi connectivity index (χ1) is 23.1. The first-order valence-corrected chi connectivity index (χ1v) is 17.0. The molecule has 9 aromatic rings. The van der Waals surface area contributed by atoms with Crippen LogP contribution in [0.25, 0.3) is 58.8 Å². The highest BCUT2D eigenvalue weighted by molar-refractivity contribution is 7.25. The molecule has 224 valence electrons. The van der Waals surface area contributed by atoms with E-state index in [1.165, 1.54) is 42.0 Å². The second kappa shape index (κ2) is 11.3. The molecule has 0 spiro atoms. The van der Waals surface area contributed by atoms with Gasteiger partial charge in [0.25, 0.3) is 0 Å². The SMILES string of the molecule is Clc1cc(Cl)cc(-c2ccc3sc4cc(N(c5ccccc5)c5ccc6c(c5)c5ccccc5n6-c5ccccc5)ccc4c3c2)c1. The van der Waals surface area contributed by atoms with Crippen molar-refractivity contribution in [3.05, 3.63) is 168 Å². The molecule has 2 heterocycles. The molecule has 0 atom stereocenters. The summed E-state index contributed by atoms with van der Waals surface area (Å²) in [6, 6.07) is 55.8. The normalized spacial score (nSPS) is 11.6. The van der Waals surface area contributed by atoms with Crippen molar-refractivity contribution in [1.29, 1.82) is 0 Å². The lowest BCUT2D eigenvalue weighted by atomic mass is 10.0. The second-order valence-electron chi connectivity index (χ2n) is 11.7. The van der Waals surface area contributed by atoms with Crippen molar-refractivity contribution in [3.8, 4) is 16.8 Å². The predicted molar refractivity (Wildman–Crippen MR) is 204 cm³/mol. The molecule has 7 aromatic carbocycles. The van der Waals surface area contributed by atoms with E-state index in [4.69, 9.17) is 23.2 Å². The number of anilines is 3. The van der Waals surface area contributed by atoms with E-state index in [9.17, 15) is 0 Å². The first kappa shape index (κ1) is 28.2.